The molecule has 0 radical (unpaired) electrons. The Bertz CT molecular complexity index is 903. The van der Waals surface area contributed by atoms with Crippen molar-refractivity contribution in [3.8, 4) is 17.0 Å². The lowest BCUT2D eigenvalue weighted by Crippen LogP contribution is -2.27. The Morgan fingerprint density at radius 2 is 2.08 bits per heavy atom. The van der Waals surface area contributed by atoms with Crippen LogP contribution in [0.3, 0.4) is 0 Å². The summed E-state index contributed by atoms with van der Waals surface area (Å²) in [6.07, 6.45) is 3.82. The first kappa shape index (κ1) is 16.4. The molecule has 0 atom stereocenters. The van der Waals surface area contributed by atoms with Crippen LogP contribution in [0.25, 0.3) is 11.3 Å². The number of hydrogen-bond acceptors (Lipinski definition) is 3. The molecule has 5 heteroatoms. The molecule has 0 aliphatic carbocycles. The minimum atomic E-state index is 0.0266. The topological polar surface area (TPSA) is 67.0 Å². The third kappa shape index (κ3) is 3.77. The monoisotopic (exact) mass is 347 g/mol. The summed E-state index contributed by atoms with van der Waals surface area (Å²) in [5.74, 6) is 1.85. The van der Waals surface area contributed by atoms with E-state index < -0.39 is 0 Å². The van der Waals surface area contributed by atoms with Gasteiger partial charge >= 0.3 is 0 Å². The number of benzene rings is 2. The Balaban J connectivity index is 1.27. The lowest BCUT2D eigenvalue weighted by Gasteiger charge is -2.06. The Labute approximate surface area is 152 Å². The summed E-state index contributed by atoms with van der Waals surface area (Å²) in [7, 11) is 0. The first-order valence-corrected chi connectivity index (χ1v) is 8.88. The zero-order valence-electron chi connectivity index (χ0n) is 14.5. The van der Waals surface area contributed by atoms with Gasteiger partial charge in [-0.15, -0.1) is 0 Å². The highest BCUT2D eigenvalue weighted by Crippen LogP contribution is 2.26. The number of ether oxygens (including phenoxy) is 1. The maximum Gasteiger partial charge on any atom is 0.224 e. The number of rotatable bonds is 6. The van der Waals surface area contributed by atoms with E-state index in [2.05, 4.69) is 21.4 Å². The SMILES string of the molecule is O=C(Cc1ccc2c(c1)CCO2)NCCc1ncc(-c2ccccc2)[nH]1. The van der Waals surface area contributed by atoms with Gasteiger partial charge in [-0.25, -0.2) is 4.98 Å². The summed E-state index contributed by atoms with van der Waals surface area (Å²) in [5.41, 5.74) is 4.32. The van der Waals surface area contributed by atoms with Crippen molar-refractivity contribution in [3.05, 3.63) is 71.7 Å². The van der Waals surface area contributed by atoms with Gasteiger partial charge in [-0.1, -0.05) is 42.5 Å². The van der Waals surface area contributed by atoms with Crippen molar-refractivity contribution in [1.82, 2.24) is 15.3 Å². The molecule has 4 rings (SSSR count). The van der Waals surface area contributed by atoms with Crippen LogP contribution in [0, 0.1) is 0 Å². The molecule has 5 nitrogen and oxygen atoms in total. The number of imidazole rings is 1. The lowest BCUT2D eigenvalue weighted by atomic mass is 10.1. The second-order valence-corrected chi connectivity index (χ2v) is 6.43. The van der Waals surface area contributed by atoms with Crippen LogP contribution in [0.5, 0.6) is 5.75 Å². The molecule has 132 valence electrons. The molecular formula is C21H21N3O2. The Morgan fingerprint density at radius 3 is 2.96 bits per heavy atom. The fourth-order valence-corrected chi connectivity index (χ4v) is 3.17. The first-order valence-electron chi connectivity index (χ1n) is 8.88. The van der Waals surface area contributed by atoms with Gasteiger partial charge in [-0.05, 0) is 22.8 Å². The van der Waals surface area contributed by atoms with E-state index in [0.29, 0.717) is 19.4 Å². The number of hydrogen-bond donors (Lipinski definition) is 2. The molecule has 2 N–H and O–H groups in total. The molecular weight excluding hydrogens is 326 g/mol. The maximum absolute atomic E-state index is 12.2. The zero-order chi connectivity index (χ0) is 17.8. The van der Waals surface area contributed by atoms with Crippen molar-refractivity contribution < 1.29 is 9.53 Å². The summed E-state index contributed by atoms with van der Waals surface area (Å²) in [4.78, 5) is 19.9. The molecule has 2 aromatic carbocycles. The van der Waals surface area contributed by atoms with E-state index in [1.807, 2.05) is 48.7 Å². The van der Waals surface area contributed by atoms with E-state index in [4.69, 9.17) is 4.74 Å². The molecule has 1 aliphatic heterocycles. The third-order valence-electron chi connectivity index (χ3n) is 4.52. The van der Waals surface area contributed by atoms with Crippen molar-refractivity contribution in [1.29, 1.82) is 0 Å². The van der Waals surface area contributed by atoms with Crippen LogP contribution in [0.2, 0.25) is 0 Å². The number of carbonyl (C=O) groups is 1. The maximum atomic E-state index is 12.2. The van der Waals surface area contributed by atoms with Crippen molar-refractivity contribution in [3.63, 3.8) is 0 Å². The van der Waals surface area contributed by atoms with Crippen LogP contribution in [0.1, 0.15) is 17.0 Å². The van der Waals surface area contributed by atoms with E-state index >= 15 is 0 Å². The fraction of sp³-hybridized carbons (Fsp3) is 0.238. The number of aromatic amines is 1. The average molecular weight is 347 g/mol. The van der Waals surface area contributed by atoms with Gasteiger partial charge in [0, 0.05) is 19.4 Å². The molecule has 0 bridgehead atoms. The minimum absolute atomic E-state index is 0.0266. The second kappa shape index (κ2) is 7.44. The van der Waals surface area contributed by atoms with Gasteiger partial charge in [0.25, 0.3) is 0 Å². The lowest BCUT2D eigenvalue weighted by molar-refractivity contribution is -0.120. The molecule has 0 saturated heterocycles. The number of aromatic nitrogens is 2. The van der Waals surface area contributed by atoms with Gasteiger partial charge < -0.3 is 15.0 Å². The summed E-state index contributed by atoms with van der Waals surface area (Å²) >= 11 is 0. The van der Waals surface area contributed by atoms with Crippen LogP contribution in [0.15, 0.2) is 54.7 Å². The normalized spacial score (nSPS) is 12.5. The molecule has 26 heavy (non-hydrogen) atoms. The minimum Gasteiger partial charge on any atom is -0.493 e. The van der Waals surface area contributed by atoms with E-state index in [-0.39, 0.29) is 5.91 Å². The highest BCUT2D eigenvalue weighted by molar-refractivity contribution is 5.78. The van der Waals surface area contributed by atoms with Gasteiger partial charge in [0.1, 0.15) is 11.6 Å². The van der Waals surface area contributed by atoms with Crippen molar-refractivity contribution in [2.75, 3.05) is 13.2 Å². The summed E-state index contributed by atoms with van der Waals surface area (Å²) in [6, 6.07) is 16.1. The van der Waals surface area contributed by atoms with E-state index in [1.54, 1.807) is 0 Å². The molecule has 2 heterocycles. The number of carbonyl (C=O) groups excluding carboxylic acids is 1. The van der Waals surface area contributed by atoms with E-state index in [1.165, 1.54) is 5.56 Å². The molecule has 0 saturated carbocycles. The Morgan fingerprint density at radius 1 is 1.19 bits per heavy atom. The van der Waals surface area contributed by atoms with Crippen LogP contribution >= 0.6 is 0 Å². The van der Waals surface area contributed by atoms with Crippen LogP contribution in [-0.2, 0) is 24.1 Å². The highest BCUT2D eigenvalue weighted by atomic mass is 16.5. The van der Waals surface area contributed by atoms with Gasteiger partial charge in [0.2, 0.25) is 5.91 Å². The molecule has 1 aliphatic rings. The van der Waals surface area contributed by atoms with Crippen LogP contribution in [0.4, 0.5) is 0 Å². The quantitative estimate of drug-likeness (QED) is 0.720. The number of nitrogens with one attached hydrogen (secondary N) is 2. The fourth-order valence-electron chi connectivity index (χ4n) is 3.17. The van der Waals surface area contributed by atoms with Gasteiger partial charge in [-0.3, -0.25) is 4.79 Å². The summed E-state index contributed by atoms with van der Waals surface area (Å²) in [5, 5.41) is 2.97. The first-order chi connectivity index (χ1) is 12.8. The third-order valence-corrected chi connectivity index (χ3v) is 4.52. The van der Waals surface area contributed by atoms with Crippen molar-refractivity contribution in [2.45, 2.75) is 19.3 Å². The largest absolute Gasteiger partial charge is 0.493 e. The molecule has 3 aromatic rings. The molecule has 1 amide bonds. The van der Waals surface area contributed by atoms with Crippen LogP contribution in [-0.4, -0.2) is 29.0 Å². The highest BCUT2D eigenvalue weighted by Gasteiger charge is 2.13. The van der Waals surface area contributed by atoms with Crippen molar-refractivity contribution in [2.24, 2.45) is 0 Å². The smallest absolute Gasteiger partial charge is 0.224 e. The number of nitrogens with zero attached hydrogens (tertiary/aromatic N) is 1. The number of fused-ring (bicyclic) bond motifs is 1. The molecule has 0 fully saturated rings. The predicted molar refractivity (Wildman–Crippen MR) is 100 cm³/mol. The summed E-state index contributed by atoms with van der Waals surface area (Å²) < 4.78 is 5.50. The Kier molecular flexibility index (Phi) is 4.69. The van der Waals surface area contributed by atoms with Gasteiger partial charge in [0.05, 0.1) is 24.9 Å². The van der Waals surface area contributed by atoms with Crippen molar-refractivity contribution >= 4 is 5.91 Å². The Hall–Kier alpha value is -3.08. The van der Waals surface area contributed by atoms with Crippen LogP contribution < -0.4 is 10.1 Å². The van der Waals surface area contributed by atoms with Gasteiger partial charge in [-0.2, -0.15) is 0 Å². The number of amides is 1. The molecule has 1 aromatic heterocycles. The second-order valence-electron chi connectivity index (χ2n) is 6.43. The molecule has 0 spiro atoms. The predicted octanol–water partition coefficient (Wildman–Crippen LogP) is 2.91. The zero-order valence-corrected chi connectivity index (χ0v) is 14.5. The van der Waals surface area contributed by atoms with E-state index in [9.17, 15) is 4.79 Å². The number of H-pyrrole nitrogens is 1. The molecule has 0 unspecified atom stereocenters. The van der Waals surface area contributed by atoms with Gasteiger partial charge in [0.15, 0.2) is 0 Å². The average Bonchev–Trinajstić information content (AvgIpc) is 3.31. The summed E-state index contributed by atoms with van der Waals surface area (Å²) in [6.45, 7) is 1.30. The standard InChI is InChI=1S/C21H21N3O2/c25-21(13-15-6-7-19-17(12-15)9-11-26-19)22-10-8-20-23-14-18(24-20)16-4-2-1-3-5-16/h1-7,12,14H,8-11,13H2,(H,22,25)(H,23,24). The van der Waals surface area contributed by atoms with E-state index in [0.717, 1.165) is 41.4 Å².